The molecule has 0 spiro atoms. The number of nitrogens with zero attached hydrogens (tertiary/aromatic N) is 4. The summed E-state index contributed by atoms with van der Waals surface area (Å²) in [6.07, 6.45) is 12.7. The molecule has 2 N–H and O–H groups in total. The topological polar surface area (TPSA) is 104 Å². The smallest absolute Gasteiger partial charge is 0.216 e. The summed E-state index contributed by atoms with van der Waals surface area (Å²) in [6, 6.07) is 0. The Bertz CT molecular complexity index is 501. The monoisotopic (exact) mass is 331 g/mol. The first-order valence-electron chi connectivity index (χ1n) is 8.28. The molecule has 0 saturated carbocycles. The van der Waals surface area contributed by atoms with Crippen LogP contribution in [-0.2, 0) is 22.3 Å². The summed E-state index contributed by atoms with van der Waals surface area (Å²) >= 11 is 0. The third-order valence-corrected chi connectivity index (χ3v) is 4.20. The molecule has 128 valence electrons. The quantitative estimate of drug-likeness (QED) is 0.559. The molecule has 0 unspecified atom stereocenters. The maximum Gasteiger partial charge on any atom is 0.216 e. The highest BCUT2D eigenvalue weighted by Gasteiger charge is 2.10. The van der Waals surface area contributed by atoms with Crippen molar-refractivity contribution in [3.8, 4) is 0 Å². The summed E-state index contributed by atoms with van der Waals surface area (Å²) in [5.41, 5.74) is 0. The van der Waals surface area contributed by atoms with Crippen LogP contribution in [0.15, 0.2) is 0 Å². The zero-order chi connectivity index (χ0) is 16.3. The molecule has 1 heterocycles. The van der Waals surface area contributed by atoms with E-state index in [1.807, 2.05) is 0 Å². The molecule has 0 amide bonds. The third kappa shape index (κ3) is 9.83. The largest absolute Gasteiger partial charge is 0.228 e. The average Bonchev–Trinajstić information content (AvgIpc) is 2.86. The summed E-state index contributed by atoms with van der Waals surface area (Å²) in [5.74, 6) is -0.194. The molecule has 8 heteroatoms. The second-order valence-corrected chi connectivity index (χ2v) is 7.41. The summed E-state index contributed by atoms with van der Waals surface area (Å²) < 4.78 is 21.8. The highest BCUT2D eigenvalue weighted by molar-refractivity contribution is 7.88. The van der Waals surface area contributed by atoms with Crippen LogP contribution in [0.2, 0.25) is 0 Å². The minimum absolute atomic E-state index is 0.162. The van der Waals surface area contributed by atoms with Crippen LogP contribution >= 0.6 is 0 Å². The average molecular weight is 331 g/mol. The molecule has 0 saturated heterocycles. The molecule has 7 nitrogen and oxygen atoms in total. The maximum atomic E-state index is 10.9. The Morgan fingerprint density at radius 2 is 1.50 bits per heavy atom. The highest BCUT2D eigenvalue weighted by Crippen LogP contribution is 2.10. The lowest BCUT2D eigenvalue weighted by atomic mass is 10.1. The molecule has 1 rings (SSSR count). The third-order valence-electron chi connectivity index (χ3n) is 3.54. The lowest BCUT2D eigenvalue weighted by Gasteiger charge is -2.02. The van der Waals surface area contributed by atoms with Gasteiger partial charge in [0.15, 0.2) is 5.82 Å². The van der Waals surface area contributed by atoms with Crippen molar-refractivity contribution in [3.63, 3.8) is 0 Å². The van der Waals surface area contributed by atoms with Crippen LogP contribution < -0.4 is 5.14 Å². The fourth-order valence-electron chi connectivity index (χ4n) is 2.35. The maximum absolute atomic E-state index is 10.9. The Kier molecular flexibility index (Phi) is 9.22. The van der Waals surface area contributed by atoms with E-state index in [0.717, 1.165) is 12.8 Å². The molecule has 0 atom stereocenters. The predicted molar refractivity (Wildman–Crippen MR) is 86.5 cm³/mol. The van der Waals surface area contributed by atoms with Crippen molar-refractivity contribution in [2.45, 2.75) is 83.4 Å². The fourth-order valence-corrected chi connectivity index (χ4v) is 2.82. The standard InChI is InChI=1S/C14H29N5O2S/c1-2-3-4-5-6-7-8-9-10-11-12-19-17-14(16-18-19)13-22(15,20)21/h2-13H2,1H3,(H2,15,20,21). The van der Waals surface area contributed by atoms with Crippen molar-refractivity contribution in [3.05, 3.63) is 5.82 Å². The van der Waals surface area contributed by atoms with Crippen molar-refractivity contribution in [2.24, 2.45) is 5.14 Å². The van der Waals surface area contributed by atoms with Gasteiger partial charge in [0.25, 0.3) is 0 Å². The second kappa shape index (κ2) is 10.7. The molecule has 0 aliphatic heterocycles. The number of tetrazole rings is 1. The minimum Gasteiger partial charge on any atom is -0.228 e. The van der Waals surface area contributed by atoms with Gasteiger partial charge in [-0.25, -0.2) is 13.6 Å². The van der Waals surface area contributed by atoms with Crippen LogP contribution in [0.5, 0.6) is 0 Å². The van der Waals surface area contributed by atoms with Gasteiger partial charge in [-0.05, 0) is 11.6 Å². The van der Waals surface area contributed by atoms with Crippen molar-refractivity contribution in [2.75, 3.05) is 0 Å². The first kappa shape index (κ1) is 19.0. The fraction of sp³-hybridized carbons (Fsp3) is 0.929. The molecule has 1 aromatic rings. The van der Waals surface area contributed by atoms with Gasteiger partial charge in [-0.2, -0.15) is 4.80 Å². The minimum atomic E-state index is -3.59. The Balaban J connectivity index is 2.01. The summed E-state index contributed by atoms with van der Waals surface area (Å²) in [4.78, 5) is 1.45. The van der Waals surface area contributed by atoms with Crippen molar-refractivity contribution in [1.29, 1.82) is 0 Å². The molecule has 0 radical (unpaired) electrons. The Morgan fingerprint density at radius 3 is 2.05 bits per heavy atom. The molecule has 22 heavy (non-hydrogen) atoms. The van der Waals surface area contributed by atoms with E-state index in [4.69, 9.17) is 5.14 Å². The van der Waals surface area contributed by atoms with E-state index >= 15 is 0 Å². The number of aryl methyl sites for hydroxylation is 1. The van der Waals surface area contributed by atoms with Crippen LogP contribution in [0.1, 0.15) is 77.0 Å². The van der Waals surface area contributed by atoms with Gasteiger partial charge in [0.05, 0.1) is 6.54 Å². The molecule has 0 aliphatic rings. The van der Waals surface area contributed by atoms with Gasteiger partial charge in [-0.1, -0.05) is 64.7 Å². The number of hydrogen-bond donors (Lipinski definition) is 1. The number of aromatic nitrogens is 4. The first-order chi connectivity index (χ1) is 10.5. The number of sulfonamides is 1. The van der Waals surface area contributed by atoms with E-state index in [0.29, 0.717) is 6.54 Å². The van der Waals surface area contributed by atoms with Crippen LogP contribution in [-0.4, -0.2) is 28.6 Å². The van der Waals surface area contributed by atoms with Gasteiger partial charge in [-0.3, -0.25) is 0 Å². The van der Waals surface area contributed by atoms with E-state index in [1.165, 1.54) is 56.2 Å². The van der Waals surface area contributed by atoms with Crippen LogP contribution in [0.3, 0.4) is 0 Å². The summed E-state index contributed by atoms with van der Waals surface area (Å²) in [6.45, 7) is 2.91. The van der Waals surface area contributed by atoms with Crippen molar-refractivity contribution < 1.29 is 8.42 Å². The molecular weight excluding hydrogens is 302 g/mol. The van der Waals surface area contributed by atoms with Gasteiger partial charge in [-0.15, -0.1) is 10.2 Å². The molecule has 0 bridgehead atoms. The Hall–Kier alpha value is -1.02. The zero-order valence-electron chi connectivity index (χ0n) is 13.6. The Labute approximate surface area is 133 Å². The Morgan fingerprint density at radius 1 is 0.955 bits per heavy atom. The van der Waals surface area contributed by atoms with Crippen LogP contribution in [0, 0.1) is 0 Å². The number of nitrogens with two attached hydrogens (primary N) is 1. The van der Waals surface area contributed by atoms with Gasteiger partial charge in [0.1, 0.15) is 5.75 Å². The number of primary sulfonamides is 1. The highest BCUT2D eigenvalue weighted by atomic mass is 32.2. The summed E-state index contributed by atoms with van der Waals surface area (Å²) in [7, 11) is -3.59. The molecule has 0 fully saturated rings. The lowest BCUT2D eigenvalue weighted by Crippen LogP contribution is -2.15. The number of rotatable bonds is 13. The lowest BCUT2D eigenvalue weighted by molar-refractivity contribution is 0.470. The molecular formula is C14H29N5O2S. The SMILES string of the molecule is CCCCCCCCCCCCn1nnc(CS(N)(=O)=O)n1. The van der Waals surface area contributed by atoms with Gasteiger partial charge in [0.2, 0.25) is 10.0 Å². The van der Waals surface area contributed by atoms with E-state index in [-0.39, 0.29) is 11.6 Å². The number of unbranched alkanes of at least 4 members (excludes halogenated alkanes) is 9. The van der Waals surface area contributed by atoms with Crippen LogP contribution in [0.25, 0.3) is 0 Å². The van der Waals surface area contributed by atoms with Crippen molar-refractivity contribution in [1.82, 2.24) is 20.2 Å². The van der Waals surface area contributed by atoms with Gasteiger partial charge < -0.3 is 0 Å². The molecule has 1 aromatic heterocycles. The van der Waals surface area contributed by atoms with Crippen molar-refractivity contribution >= 4 is 10.0 Å². The zero-order valence-corrected chi connectivity index (χ0v) is 14.4. The number of hydrogen-bond acceptors (Lipinski definition) is 5. The van der Waals surface area contributed by atoms with E-state index < -0.39 is 10.0 Å². The van der Waals surface area contributed by atoms with Gasteiger partial charge in [0, 0.05) is 0 Å². The summed E-state index contributed by atoms with van der Waals surface area (Å²) in [5, 5.41) is 16.5. The van der Waals surface area contributed by atoms with E-state index in [1.54, 1.807) is 0 Å². The predicted octanol–water partition coefficient (Wildman–Crippen LogP) is 2.38. The first-order valence-corrected chi connectivity index (χ1v) is 10.00. The van der Waals surface area contributed by atoms with Crippen LogP contribution in [0.4, 0.5) is 0 Å². The second-order valence-electron chi connectivity index (χ2n) is 5.79. The van der Waals surface area contributed by atoms with E-state index in [2.05, 4.69) is 22.3 Å². The molecule has 0 aliphatic carbocycles. The van der Waals surface area contributed by atoms with E-state index in [9.17, 15) is 8.42 Å². The van der Waals surface area contributed by atoms with Gasteiger partial charge >= 0.3 is 0 Å². The normalized spacial score (nSPS) is 11.9. The molecule has 0 aromatic carbocycles.